The van der Waals surface area contributed by atoms with Crippen LogP contribution in [0.5, 0.6) is 0 Å². The molecule has 2 heteroatoms. The van der Waals surface area contributed by atoms with Gasteiger partial charge in [0.1, 0.15) is 5.76 Å². The summed E-state index contributed by atoms with van der Waals surface area (Å²) in [6.45, 7) is 5.55. The van der Waals surface area contributed by atoms with Crippen molar-refractivity contribution in [2.45, 2.75) is 52.0 Å². The van der Waals surface area contributed by atoms with Gasteiger partial charge >= 0.3 is 0 Å². The van der Waals surface area contributed by atoms with Gasteiger partial charge in [0.2, 0.25) is 0 Å². The molecule has 1 aromatic heterocycles. The van der Waals surface area contributed by atoms with E-state index in [1.807, 2.05) is 6.07 Å². The van der Waals surface area contributed by atoms with Gasteiger partial charge in [-0.25, -0.2) is 0 Å². The van der Waals surface area contributed by atoms with Crippen molar-refractivity contribution in [3.63, 3.8) is 0 Å². The number of furan rings is 1. The van der Waals surface area contributed by atoms with Crippen LogP contribution in [-0.2, 0) is 6.42 Å². The van der Waals surface area contributed by atoms with Crippen molar-refractivity contribution < 1.29 is 4.42 Å². The highest BCUT2D eigenvalue weighted by Gasteiger charge is 2.09. The summed E-state index contributed by atoms with van der Waals surface area (Å²) in [5, 5.41) is 3.58. The number of hydrogen-bond acceptors (Lipinski definition) is 2. The molecule has 1 atom stereocenters. The summed E-state index contributed by atoms with van der Waals surface area (Å²) < 4.78 is 5.38. The van der Waals surface area contributed by atoms with E-state index < -0.39 is 0 Å². The molecule has 1 heterocycles. The quantitative estimate of drug-likeness (QED) is 0.710. The van der Waals surface area contributed by atoms with Gasteiger partial charge in [-0.3, -0.25) is 0 Å². The van der Waals surface area contributed by atoms with E-state index in [0.717, 1.165) is 18.7 Å². The van der Waals surface area contributed by atoms with Crippen LogP contribution in [0.25, 0.3) is 0 Å². The molecular weight excluding hydrogens is 186 g/mol. The normalized spacial score (nSPS) is 12.9. The maximum Gasteiger partial charge on any atom is 0.105 e. The number of nitrogens with one attached hydrogen (secondary N) is 1. The molecular formula is C13H23NO. The Hall–Kier alpha value is -0.760. The SMILES string of the molecule is CCCCC(Cc1ccco1)NCCC. The zero-order chi connectivity index (χ0) is 10.9. The average molecular weight is 209 g/mol. The minimum atomic E-state index is 0.580. The molecule has 0 bridgehead atoms. The van der Waals surface area contributed by atoms with Crippen LogP contribution in [0.3, 0.4) is 0 Å². The zero-order valence-corrected chi connectivity index (χ0v) is 9.96. The third-order valence-electron chi connectivity index (χ3n) is 2.62. The van der Waals surface area contributed by atoms with Gasteiger partial charge in [-0.2, -0.15) is 0 Å². The second-order valence-electron chi connectivity index (χ2n) is 4.08. The molecule has 0 saturated carbocycles. The summed E-state index contributed by atoms with van der Waals surface area (Å²) in [4.78, 5) is 0. The van der Waals surface area contributed by atoms with Crippen LogP contribution in [0, 0.1) is 0 Å². The number of unbranched alkanes of at least 4 members (excludes halogenated alkanes) is 1. The molecule has 0 aliphatic carbocycles. The van der Waals surface area contributed by atoms with Crippen LogP contribution >= 0.6 is 0 Å². The molecule has 15 heavy (non-hydrogen) atoms. The topological polar surface area (TPSA) is 25.2 Å². The summed E-state index contributed by atoms with van der Waals surface area (Å²) in [6, 6.07) is 4.61. The molecule has 86 valence electrons. The van der Waals surface area contributed by atoms with Crippen molar-refractivity contribution in [1.82, 2.24) is 5.32 Å². The van der Waals surface area contributed by atoms with Crippen molar-refractivity contribution >= 4 is 0 Å². The Morgan fingerprint density at radius 2 is 2.20 bits per heavy atom. The molecule has 0 aliphatic heterocycles. The van der Waals surface area contributed by atoms with Gasteiger partial charge < -0.3 is 9.73 Å². The Morgan fingerprint density at radius 3 is 2.80 bits per heavy atom. The highest BCUT2D eigenvalue weighted by molar-refractivity contribution is 5.00. The Balaban J connectivity index is 2.33. The second-order valence-corrected chi connectivity index (χ2v) is 4.08. The van der Waals surface area contributed by atoms with E-state index in [9.17, 15) is 0 Å². The smallest absolute Gasteiger partial charge is 0.105 e. The highest BCUT2D eigenvalue weighted by atomic mass is 16.3. The third kappa shape index (κ3) is 5.03. The van der Waals surface area contributed by atoms with Crippen LogP contribution in [0.4, 0.5) is 0 Å². The minimum absolute atomic E-state index is 0.580. The van der Waals surface area contributed by atoms with Crippen molar-refractivity contribution in [2.24, 2.45) is 0 Å². The maximum absolute atomic E-state index is 5.38. The fraction of sp³-hybridized carbons (Fsp3) is 0.692. The molecule has 0 saturated heterocycles. The van der Waals surface area contributed by atoms with E-state index in [1.54, 1.807) is 6.26 Å². The molecule has 1 N–H and O–H groups in total. The van der Waals surface area contributed by atoms with E-state index in [2.05, 4.69) is 25.2 Å². The van der Waals surface area contributed by atoms with E-state index in [4.69, 9.17) is 4.42 Å². The maximum atomic E-state index is 5.38. The lowest BCUT2D eigenvalue weighted by Crippen LogP contribution is -2.31. The van der Waals surface area contributed by atoms with Crippen LogP contribution in [0.2, 0.25) is 0 Å². The Morgan fingerprint density at radius 1 is 1.33 bits per heavy atom. The molecule has 1 rings (SSSR count). The first kappa shape index (κ1) is 12.3. The van der Waals surface area contributed by atoms with Gasteiger partial charge in [-0.1, -0.05) is 26.7 Å². The molecule has 0 spiro atoms. The minimum Gasteiger partial charge on any atom is -0.469 e. The summed E-state index contributed by atoms with van der Waals surface area (Å²) in [7, 11) is 0. The first-order valence-electron chi connectivity index (χ1n) is 6.12. The number of hydrogen-bond donors (Lipinski definition) is 1. The standard InChI is InChI=1S/C13H23NO/c1-3-5-7-12(14-9-4-2)11-13-8-6-10-15-13/h6,8,10,12,14H,3-5,7,9,11H2,1-2H3. The van der Waals surface area contributed by atoms with Crippen molar-refractivity contribution in [3.8, 4) is 0 Å². The summed E-state index contributed by atoms with van der Waals surface area (Å²) >= 11 is 0. The Bertz CT molecular complexity index is 223. The number of rotatable bonds is 8. The summed E-state index contributed by atoms with van der Waals surface area (Å²) in [6.07, 6.45) is 7.78. The first-order valence-corrected chi connectivity index (χ1v) is 6.12. The fourth-order valence-electron chi connectivity index (χ4n) is 1.75. The third-order valence-corrected chi connectivity index (χ3v) is 2.62. The van der Waals surface area contributed by atoms with Crippen molar-refractivity contribution in [1.29, 1.82) is 0 Å². The second kappa shape index (κ2) is 7.52. The fourth-order valence-corrected chi connectivity index (χ4v) is 1.75. The zero-order valence-electron chi connectivity index (χ0n) is 9.96. The molecule has 0 aliphatic rings. The predicted molar refractivity (Wildman–Crippen MR) is 64.0 cm³/mol. The average Bonchev–Trinajstić information content (AvgIpc) is 2.74. The molecule has 2 nitrogen and oxygen atoms in total. The molecule has 1 unspecified atom stereocenters. The monoisotopic (exact) mass is 209 g/mol. The van der Waals surface area contributed by atoms with Gasteiger partial charge in [0, 0.05) is 12.5 Å². The van der Waals surface area contributed by atoms with Gasteiger partial charge in [-0.05, 0) is 31.5 Å². The molecule has 0 aromatic carbocycles. The van der Waals surface area contributed by atoms with E-state index >= 15 is 0 Å². The molecule has 1 aromatic rings. The predicted octanol–water partition coefficient (Wildman–Crippen LogP) is 3.38. The van der Waals surface area contributed by atoms with Crippen LogP contribution in [-0.4, -0.2) is 12.6 Å². The molecule has 0 amide bonds. The summed E-state index contributed by atoms with van der Waals surface area (Å²) in [5.74, 6) is 1.10. The van der Waals surface area contributed by atoms with E-state index in [0.29, 0.717) is 6.04 Å². The van der Waals surface area contributed by atoms with Crippen molar-refractivity contribution in [2.75, 3.05) is 6.54 Å². The highest BCUT2D eigenvalue weighted by Crippen LogP contribution is 2.09. The van der Waals surface area contributed by atoms with Crippen LogP contribution in [0.1, 0.15) is 45.3 Å². The summed E-state index contributed by atoms with van der Waals surface area (Å²) in [5.41, 5.74) is 0. The lowest BCUT2D eigenvalue weighted by molar-refractivity contribution is 0.415. The van der Waals surface area contributed by atoms with Gasteiger partial charge in [0.05, 0.1) is 6.26 Å². The Kier molecular flexibility index (Phi) is 6.17. The van der Waals surface area contributed by atoms with E-state index in [-0.39, 0.29) is 0 Å². The lowest BCUT2D eigenvalue weighted by Gasteiger charge is -2.16. The van der Waals surface area contributed by atoms with E-state index in [1.165, 1.54) is 25.7 Å². The molecule has 0 radical (unpaired) electrons. The molecule has 0 fully saturated rings. The van der Waals surface area contributed by atoms with Crippen molar-refractivity contribution in [3.05, 3.63) is 24.2 Å². The first-order chi connectivity index (χ1) is 7.36. The van der Waals surface area contributed by atoms with Crippen LogP contribution in [0.15, 0.2) is 22.8 Å². The van der Waals surface area contributed by atoms with Crippen LogP contribution < -0.4 is 5.32 Å². The lowest BCUT2D eigenvalue weighted by atomic mass is 10.1. The largest absolute Gasteiger partial charge is 0.469 e. The Labute approximate surface area is 93.1 Å². The van der Waals surface area contributed by atoms with Gasteiger partial charge in [0.25, 0.3) is 0 Å². The van der Waals surface area contributed by atoms with Gasteiger partial charge in [-0.15, -0.1) is 0 Å². The van der Waals surface area contributed by atoms with Gasteiger partial charge in [0.15, 0.2) is 0 Å².